The molecule has 3 aromatic rings. The maximum atomic E-state index is 13.9. The Hall–Kier alpha value is -2.20. The second-order valence-corrected chi connectivity index (χ2v) is 6.49. The third-order valence-corrected chi connectivity index (χ3v) is 4.59. The molecular formula is C19H17ClFN3. The van der Waals surface area contributed by atoms with Crippen LogP contribution >= 0.6 is 11.6 Å². The van der Waals surface area contributed by atoms with Crippen molar-refractivity contribution in [1.82, 2.24) is 14.5 Å². The predicted molar refractivity (Wildman–Crippen MR) is 93.5 cm³/mol. The highest BCUT2D eigenvalue weighted by molar-refractivity contribution is 6.29. The Balaban J connectivity index is 1.90. The van der Waals surface area contributed by atoms with Crippen LogP contribution in [0, 0.1) is 5.82 Å². The van der Waals surface area contributed by atoms with Gasteiger partial charge < -0.3 is 4.57 Å². The van der Waals surface area contributed by atoms with Crippen molar-refractivity contribution in [3.63, 3.8) is 0 Å². The van der Waals surface area contributed by atoms with Crippen LogP contribution < -0.4 is 0 Å². The summed E-state index contributed by atoms with van der Waals surface area (Å²) in [7, 11) is 0. The Bertz CT molecular complexity index is 899. The smallest absolute Gasteiger partial charge is 0.140 e. The number of rotatable bonds is 4. The third-order valence-electron chi connectivity index (χ3n) is 4.40. The number of benzene rings is 1. The molecule has 4 rings (SSSR count). The molecular weight excluding hydrogens is 325 g/mol. The fourth-order valence-electron chi connectivity index (χ4n) is 3.02. The molecule has 0 N–H and O–H groups in total. The predicted octanol–water partition coefficient (Wildman–Crippen LogP) is 5.30. The van der Waals surface area contributed by atoms with Crippen molar-refractivity contribution >= 4 is 11.6 Å². The number of aryl methyl sites for hydroxylation is 1. The van der Waals surface area contributed by atoms with Crippen LogP contribution in [0.15, 0.2) is 42.7 Å². The molecule has 1 fully saturated rings. The highest BCUT2D eigenvalue weighted by Crippen LogP contribution is 2.42. The first kappa shape index (κ1) is 15.3. The molecule has 0 aliphatic heterocycles. The summed E-state index contributed by atoms with van der Waals surface area (Å²) in [5.74, 6) is 0.985. The summed E-state index contributed by atoms with van der Waals surface area (Å²) in [5, 5.41) is 0.475. The van der Waals surface area contributed by atoms with Gasteiger partial charge in [-0.05, 0) is 55.2 Å². The van der Waals surface area contributed by atoms with Crippen LogP contribution in [0.25, 0.3) is 22.5 Å². The first-order valence-corrected chi connectivity index (χ1v) is 8.52. The number of aromatic nitrogens is 3. The number of pyridine rings is 1. The standard InChI is InChI=1S/C19H17ClFN3/c1-2-24-8-7-22-19(24)16-11-14(21)5-6-15(16)13-9-17(12-3-4-12)23-18(20)10-13/h5-12H,2-4H2,1H3. The average molecular weight is 342 g/mol. The number of halogens is 2. The Morgan fingerprint density at radius 1 is 1.21 bits per heavy atom. The van der Waals surface area contributed by atoms with E-state index in [0.29, 0.717) is 11.1 Å². The molecule has 0 spiro atoms. The van der Waals surface area contributed by atoms with Gasteiger partial charge >= 0.3 is 0 Å². The highest BCUT2D eigenvalue weighted by Gasteiger charge is 2.26. The van der Waals surface area contributed by atoms with Crippen molar-refractivity contribution in [2.45, 2.75) is 32.2 Å². The average Bonchev–Trinajstić information content (AvgIpc) is 3.31. The van der Waals surface area contributed by atoms with Crippen LogP contribution in [-0.4, -0.2) is 14.5 Å². The number of hydrogen-bond acceptors (Lipinski definition) is 2. The van der Waals surface area contributed by atoms with Crippen LogP contribution in [-0.2, 0) is 6.54 Å². The number of nitrogens with zero attached hydrogens (tertiary/aromatic N) is 3. The van der Waals surface area contributed by atoms with Crippen LogP contribution in [0.2, 0.25) is 5.15 Å². The van der Waals surface area contributed by atoms with Crippen LogP contribution in [0.5, 0.6) is 0 Å². The normalized spacial score (nSPS) is 14.1. The van der Waals surface area contributed by atoms with Crippen LogP contribution in [0.4, 0.5) is 4.39 Å². The van der Waals surface area contributed by atoms with E-state index in [1.807, 2.05) is 23.8 Å². The zero-order valence-electron chi connectivity index (χ0n) is 13.3. The van der Waals surface area contributed by atoms with Gasteiger partial charge in [0.1, 0.15) is 16.8 Å². The van der Waals surface area contributed by atoms with E-state index in [9.17, 15) is 4.39 Å². The molecule has 1 aromatic carbocycles. The largest absolute Gasteiger partial charge is 0.331 e. The Morgan fingerprint density at radius 2 is 2.04 bits per heavy atom. The summed E-state index contributed by atoms with van der Waals surface area (Å²) in [6.07, 6.45) is 5.95. The van der Waals surface area contributed by atoms with Gasteiger partial charge in [-0.3, -0.25) is 0 Å². The lowest BCUT2D eigenvalue weighted by molar-refractivity contribution is 0.628. The van der Waals surface area contributed by atoms with Gasteiger partial charge in [-0.2, -0.15) is 0 Å². The monoisotopic (exact) mass is 341 g/mol. The Kier molecular flexibility index (Phi) is 3.85. The second kappa shape index (κ2) is 6.02. The molecule has 3 nitrogen and oxygen atoms in total. The molecule has 0 amide bonds. The second-order valence-electron chi connectivity index (χ2n) is 6.10. The lowest BCUT2D eigenvalue weighted by Crippen LogP contribution is -1.99. The molecule has 0 radical (unpaired) electrons. The van der Waals surface area contributed by atoms with Crippen molar-refractivity contribution in [1.29, 1.82) is 0 Å². The summed E-state index contributed by atoms with van der Waals surface area (Å²) in [6.45, 7) is 2.81. The van der Waals surface area contributed by atoms with Crippen molar-refractivity contribution in [2.24, 2.45) is 0 Å². The lowest BCUT2D eigenvalue weighted by Gasteiger charge is -2.13. The SMILES string of the molecule is CCn1ccnc1-c1cc(F)ccc1-c1cc(Cl)nc(C2CC2)c1. The first-order valence-electron chi connectivity index (χ1n) is 8.14. The maximum absolute atomic E-state index is 13.9. The van der Waals surface area contributed by atoms with E-state index in [1.165, 1.54) is 12.1 Å². The molecule has 0 atom stereocenters. The third kappa shape index (κ3) is 2.82. The molecule has 24 heavy (non-hydrogen) atoms. The summed E-state index contributed by atoms with van der Waals surface area (Å²) in [4.78, 5) is 8.86. The molecule has 1 aliphatic rings. The molecule has 2 heterocycles. The van der Waals surface area contributed by atoms with E-state index < -0.39 is 0 Å². The lowest BCUT2D eigenvalue weighted by atomic mass is 9.98. The fraction of sp³-hybridized carbons (Fsp3) is 0.263. The zero-order chi connectivity index (χ0) is 16.7. The molecule has 0 saturated heterocycles. The topological polar surface area (TPSA) is 30.7 Å². The van der Waals surface area contributed by atoms with Gasteiger partial charge in [0.25, 0.3) is 0 Å². The molecule has 2 aromatic heterocycles. The molecule has 122 valence electrons. The van der Waals surface area contributed by atoms with Crippen LogP contribution in [0.1, 0.15) is 31.4 Å². The quantitative estimate of drug-likeness (QED) is 0.603. The number of hydrogen-bond donors (Lipinski definition) is 0. The van der Waals surface area contributed by atoms with Crippen molar-refractivity contribution < 1.29 is 4.39 Å². The fourth-order valence-corrected chi connectivity index (χ4v) is 3.24. The zero-order valence-corrected chi connectivity index (χ0v) is 14.1. The van der Waals surface area contributed by atoms with Gasteiger partial charge in [-0.15, -0.1) is 0 Å². The van der Waals surface area contributed by atoms with Gasteiger partial charge in [-0.25, -0.2) is 14.4 Å². The van der Waals surface area contributed by atoms with Gasteiger partial charge in [0, 0.05) is 36.1 Å². The van der Waals surface area contributed by atoms with E-state index in [1.54, 1.807) is 12.3 Å². The highest BCUT2D eigenvalue weighted by atomic mass is 35.5. The molecule has 1 saturated carbocycles. The van der Waals surface area contributed by atoms with E-state index in [-0.39, 0.29) is 5.82 Å². The van der Waals surface area contributed by atoms with Crippen molar-refractivity contribution in [2.75, 3.05) is 0 Å². The van der Waals surface area contributed by atoms with Gasteiger partial charge in [-0.1, -0.05) is 17.7 Å². The Labute approximate surface area is 145 Å². The number of imidazole rings is 1. The van der Waals surface area contributed by atoms with Crippen molar-refractivity contribution in [3.8, 4) is 22.5 Å². The molecule has 5 heteroatoms. The molecule has 0 unspecified atom stereocenters. The minimum Gasteiger partial charge on any atom is -0.331 e. The van der Waals surface area contributed by atoms with Crippen LogP contribution in [0.3, 0.4) is 0 Å². The van der Waals surface area contributed by atoms with Gasteiger partial charge in [0.2, 0.25) is 0 Å². The molecule has 0 bridgehead atoms. The maximum Gasteiger partial charge on any atom is 0.140 e. The summed E-state index contributed by atoms with van der Waals surface area (Å²) in [6, 6.07) is 8.71. The first-order chi connectivity index (χ1) is 11.7. The van der Waals surface area contributed by atoms with Crippen molar-refractivity contribution in [3.05, 3.63) is 59.4 Å². The van der Waals surface area contributed by atoms with E-state index in [2.05, 4.69) is 16.0 Å². The van der Waals surface area contributed by atoms with Gasteiger partial charge in [0.15, 0.2) is 0 Å². The van der Waals surface area contributed by atoms with E-state index >= 15 is 0 Å². The summed E-state index contributed by atoms with van der Waals surface area (Å²) < 4.78 is 15.9. The minimum atomic E-state index is -0.276. The summed E-state index contributed by atoms with van der Waals surface area (Å²) in [5.41, 5.74) is 3.67. The molecule has 1 aliphatic carbocycles. The minimum absolute atomic E-state index is 0.276. The van der Waals surface area contributed by atoms with E-state index in [4.69, 9.17) is 11.6 Å². The van der Waals surface area contributed by atoms with Gasteiger partial charge in [0.05, 0.1) is 0 Å². The van der Waals surface area contributed by atoms with E-state index in [0.717, 1.165) is 47.6 Å². The summed E-state index contributed by atoms with van der Waals surface area (Å²) >= 11 is 6.23. The Morgan fingerprint density at radius 3 is 2.79 bits per heavy atom.